The topological polar surface area (TPSA) is 0 Å². The third kappa shape index (κ3) is 2.72. The summed E-state index contributed by atoms with van der Waals surface area (Å²) in [6, 6.07) is 0. The van der Waals surface area contributed by atoms with Gasteiger partial charge in [0.2, 0.25) is 0 Å². The predicted molar refractivity (Wildman–Crippen MR) is 46.0 cm³/mol. The molecule has 1 saturated carbocycles. The molecule has 1 aliphatic carbocycles. The Morgan fingerprint density at radius 2 is 1.10 bits per heavy atom. The Balaban J connectivity index is 2.23. The lowest BCUT2D eigenvalue weighted by Gasteiger charge is -2.19. The van der Waals surface area contributed by atoms with Gasteiger partial charge in [-0.25, -0.2) is 0 Å². The highest BCUT2D eigenvalue weighted by Crippen LogP contribution is 2.24. The molecule has 0 nitrogen and oxygen atoms in total. The Kier molecular flexibility index (Phi) is 3.24. The van der Waals surface area contributed by atoms with Gasteiger partial charge in [0.15, 0.2) is 0 Å². The average molecular weight is 140 g/mol. The monoisotopic (exact) mass is 140 g/mol. The van der Waals surface area contributed by atoms with Gasteiger partial charge < -0.3 is 0 Å². The summed E-state index contributed by atoms with van der Waals surface area (Å²) in [6.45, 7) is 4.80. The summed E-state index contributed by atoms with van der Waals surface area (Å²) in [5.74, 6) is 2.01. The minimum atomic E-state index is 1.00. The fraction of sp³-hybridized carbons (Fsp3) is 1.00. The van der Waals surface area contributed by atoms with Crippen LogP contribution in [-0.2, 0) is 0 Å². The van der Waals surface area contributed by atoms with Crippen LogP contribution in [0, 0.1) is 11.8 Å². The van der Waals surface area contributed by atoms with Crippen LogP contribution in [0.4, 0.5) is 0 Å². The first kappa shape index (κ1) is 8.10. The van der Waals surface area contributed by atoms with Gasteiger partial charge in [-0.05, 0) is 11.8 Å². The Morgan fingerprint density at radius 1 is 0.700 bits per heavy atom. The van der Waals surface area contributed by atoms with E-state index in [1.807, 2.05) is 0 Å². The second-order valence-electron chi connectivity index (χ2n) is 4.07. The molecule has 0 radical (unpaired) electrons. The van der Waals surface area contributed by atoms with Crippen LogP contribution in [0.25, 0.3) is 0 Å². The third-order valence-corrected chi connectivity index (χ3v) is 2.80. The van der Waals surface area contributed by atoms with E-state index in [2.05, 4.69) is 13.8 Å². The molecular weight excluding hydrogens is 120 g/mol. The largest absolute Gasteiger partial charge is 0.0625 e. The standard InChI is InChI=1S/C10H20/c1-9-5-3-4-6-10(2)8-7-9/h9-10H,3-8H2,1-2H3/t9-,10-/m0/s1. The zero-order chi connectivity index (χ0) is 7.40. The molecule has 60 valence electrons. The molecule has 1 fully saturated rings. The highest BCUT2D eigenvalue weighted by Gasteiger charge is 2.10. The fourth-order valence-corrected chi connectivity index (χ4v) is 1.84. The van der Waals surface area contributed by atoms with Gasteiger partial charge in [-0.3, -0.25) is 0 Å². The van der Waals surface area contributed by atoms with Gasteiger partial charge in [0.25, 0.3) is 0 Å². The van der Waals surface area contributed by atoms with E-state index in [1.165, 1.54) is 38.5 Å². The molecule has 0 N–H and O–H groups in total. The van der Waals surface area contributed by atoms with E-state index >= 15 is 0 Å². The van der Waals surface area contributed by atoms with Crippen LogP contribution in [0.1, 0.15) is 52.4 Å². The van der Waals surface area contributed by atoms with E-state index in [0.717, 1.165) is 11.8 Å². The molecule has 0 aromatic heterocycles. The number of hydrogen-bond donors (Lipinski definition) is 0. The van der Waals surface area contributed by atoms with Gasteiger partial charge >= 0.3 is 0 Å². The molecule has 2 atom stereocenters. The van der Waals surface area contributed by atoms with Crippen molar-refractivity contribution in [3.05, 3.63) is 0 Å². The summed E-state index contributed by atoms with van der Waals surface area (Å²) < 4.78 is 0. The Bertz CT molecular complexity index is 74.0. The van der Waals surface area contributed by atoms with Crippen LogP contribution in [-0.4, -0.2) is 0 Å². The van der Waals surface area contributed by atoms with Crippen LogP contribution >= 0.6 is 0 Å². The van der Waals surface area contributed by atoms with E-state index in [9.17, 15) is 0 Å². The summed E-state index contributed by atoms with van der Waals surface area (Å²) in [5, 5.41) is 0. The van der Waals surface area contributed by atoms with Crippen molar-refractivity contribution in [1.29, 1.82) is 0 Å². The van der Waals surface area contributed by atoms with Crippen molar-refractivity contribution in [2.75, 3.05) is 0 Å². The van der Waals surface area contributed by atoms with Crippen molar-refractivity contribution in [1.82, 2.24) is 0 Å². The molecule has 0 heterocycles. The summed E-state index contributed by atoms with van der Waals surface area (Å²) in [7, 11) is 0. The van der Waals surface area contributed by atoms with Gasteiger partial charge in [-0.15, -0.1) is 0 Å². The molecule has 0 aromatic carbocycles. The lowest BCUT2D eigenvalue weighted by Crippen LogP contribution is -2.04. The van der Waals surface area contributed by atoms with Gasteiger partial charge in [0, 0.05) is 0 Å². The molecule has 0 aliphatic heterocycles. The molecule has 0 amide bonds. The fourth-order valence-electron chi connectivity index (χ4n) is 1.84. The van der Waals surface area contributed by atoms with Crippen molar-refractivity contribution < 1.29 is 0 Å². The average Bonchev–Trinajstić information content (AvgIpc) is 1.90. The van der Waals surface area contributed by atoms with Crippen LogP contribution in [0.3, 0.4) is 0 Å². The zero-order valence-electron chi connectivity index (χ0n) is 7.40. The first-order valence-electron chi connectivity index (χ1n) is 4.79. The summed E-state index contributed by atoms with van der Waals surface area (Å²) >= 11 is 0. The predicted octanol–water partition coefficient (Wildman–Crippen LogP) is 3.61. The molecule has 0 saturated heterocycles. The summed E-state index contributed by atoms with van der Waals surface area (Å²) in [5.41, 5.74) is 0. The molecule has 0 spiro atoms. The highest BCUT2D eigenvalue weighted by atomic mass is 14.2. The van der Waals surface area contributed by atoms with Crippen molar-refractivity contribution >= 4 is 0 Å². The molecule has 0 aromatic rings. The lowest BCUT2D eigenvalue weighted by molar-refractivity contribution is 0.342. The first-order chi connectivity index (χ1) is 4.79. The van der Waals surface area contributed by atoms with Crippen LogP contribution in [0.5, 0.6) is 0 Å². The smallest absolute Gasteiger partial charge is 0.0443 e. The van der Waals surface area contributed by atoms with Crippen molar-refractivity contribution in [2.45, 2.75) is 52.4 Å². The summed E-state index contributed by atoms with van der Waals surface area (Å²) in [4.78, 5) is 0. The van der Waals surface area contributed by atoms with Crippen LogP contribution in [0.15, 0.2) is 0 Å². The molecule has 0 bridgehead atoms. The van der Waals surface area contributed by atoms with Gasteiger partial charge in [-0.2, -0.15) is 0 Å². The van der Waals surface area contributed by atoms with Crippen LogP contribution in [0.2, 0.25) is 0 Å². The second-order valence-corrected chi connectivity index (χ2v) is 4.07. The quantitative estimate of drug-likeness (QED) is 0.482. The Morgan fingerprint density at radius 3 is 1.50 bits per heavy atom. The van der Waals surface area contributed by atoms with E-state index in [1.54, 1.807) is 0 Å². The normalized spacial score (nSPS) is 36.6. The van der Waals surface area contributed by atoms with E-state index < -0.39 is 0 Å². The highest BCUT2D eigenvalue weighted by molar-refractivity contribution is 4.63. The van der Waals surface area contributed by atoms with E-state index in [-0.39, 0.29) is 0 Å². The maximum absolute atomic E-state index is 2.40. The molecule has 1 rings (SSSR count). The van der Waals surface area contributed by atoms with Gasteiger partial charge in [0.05, 0.1) is 0 Å². The number of rotatable bonds is 0. The minimum Gasteiger partial charge on any atom is -0.0625 e. The summed E-state index contributed by atoms with van der Waals surface area (Å²) in [6.07, 6.45) is 8.86. The SMILES string of the molecule is C[C@H]1CCCC[C@H](C)CC1. The van der Waals surface area contributed by atoms with Crippen molar-refractivity contribution in [3.8, 4) is 0 Å². The van der Waals surface area contributed by atoms with Crippen molar-refractivity contribution in [2.24, 2.45) is 11.8 Å². The van der Waals surface area contributed by atoms with Crippen molar-refractivity contribution in [3.63, 3.8) is 0 Å². The molecule has 0 heteroatoms. The van der Waals surface area contributed by atoms with Gasteiger partial charge in [-0.1, -0.05) is 52.4 Å². The second kappa shape index (κ2) is 4.00. The van der Waals surface area contributed by atoms with E-state index in [0.29, 0.717) is 0 Å². The zero-order valence-corrected chi connectivity index (χ0v) is 7.40. The van der Waals surface area contributed by atoms with E-state index in [4.69, 9.17) is 0 Å². The Labute approximate surface area is 65.0 Å². The molecule has 1 aliphatic rings. The maximum atomic E-state index is 2.40. The maximum Gasteiger partial charge on any atom is -0.0443 e. The Hall–Kier alpha value is 0. The molecule has 0 unspecified atom stereocenters. The number of hydrogen-bond acceptors (Lipinski definition) is 0. The molecular formula is C10H20. The lowest BCUT2D eigenvalue weighted by atomic mass is 9.87. The van der Waals surface area contributed by atoms with Crippen LogP contribution < -0.4 is 0 Å². The minimum absolute atomic E-state index is 1.00. The third-order valence-electron chi connectivity index (χ3n) is 2.80. The molecule has 10 heavy (non-hydrogen) atoms. The van der Waals surface area contributed by atoms with Gasteiger partial charge in [0.1, 0.15) is 0 Å². The first-order valence-corrected chi connectivity index (χ1v) is 4.79.